The number of nitrogens with one attached hydrogen (secondary N) is 1. The summed E-state index contributed by atoms with van der Waals surface area (Å²) >= 11 is 1.69. The molecule has 0 bridgehead atoms. The minimum Gasteiger partial charge on any atom is -0.497 e. The van der Waals surface area contributed by atoms with Crippen molar-refractivity contribution in [3.05, 3.63) is 66.4 Å². The molecule has 0 aliphatic carbocycles. The Labute approximate surface area is 150 Å². The molecule has 128 valence electrons. The monoisotopic (exact) mass is 354 g/mol. The van der Waals surface area contributed by atoms with Gasteiger partial charge in [-0.25, -0.2) is 0 Å². The van der Waals surface area contributed by atoms with Gasteiger partial charge in [0.1, 0.15) is 5.75 Å². The van der Waals surface area contributed by atoms with E-state index in [-0.39, 0.29) is 11.6 Å². The fourth-order valence-electron chi connectivity index (χ4n) is 2.21. The van der Waals surface area contributed by atoms with Crippen molar-refractivity contribution in [1.29, 1.82) is 0 Å². The third-order valence-corrected chi connectivity index (χ3v) is 4.53. The number of thioether (sulfide) groups is 1. The molecule has 3 rings (SSSR count). The lowest BCUT2D eigenvalue weighted by atomic mass is 10.1. The minimum absolute atomic E-state index is 0.239. The molecular weight excluding hydrogens is 336 g/mol. The van der Waals surface area contributed by atoms with Crippen LogP contribution in [0.15, 0.2) is 70.1 Å². The molecule has 3 aromatic rings. The fourth-order valence-corrected chi connectivity index (χ4v) is 3.00. The van der Waals surface area contributed by atoms with Gasteiger partial charge in [-0.3, -0.25) is 4.79 Å². The number of methoxy groups -OCH3 is 1. The highest BCUT2D eigenvalue weighted by Crippen LogP contribution is 2.23. The summed E-state index contributed by atoms with van der Waals surface area (Å²) in [5.41, 5.74) is 1.11. The zero-order valence-electron chi connectivity index (χ0n) is 13.8. The summed E-state index contributed by atoms with van der Waals surface area (Å²) in [6.07, 6.45) is 0. The molecule has 1 heterocycles. The molecular formula is C19H18N2O3S. The van der Waals surface area contributed by atoms with Gasteiger partial charge in [-0.1, -0.05) is 23.4 Å². The van der Waals surface area contributed by atoms with Crippen LogP contribution in [-0.2, 0) is 0 Å². The lowest BCUT2D eigenvalue weighted by Gasteiger charge is -2.03. The Bertz CT molecular complexity index is 816. The molecule has 0 unspecified atom stereocenters. The molecule has 0 radical (unpaired) electrons. The van der Waals surface area contributed by atoms with Crippen LogP contribution in [0.1, 0.15) is 10.5 Å². The van der Waals surface area contributed by atoms with Gasteiger partial charge in [0.15, 0.2) is 11.5 Å². The summed E-state index contributed by atoms with van der Waals surface area (Å²) in [4.78, 5) is 13.3. The number of carbonyl (C=O) groups excluding carboxylic acids is 1. The van der Waals surface area contributed by atoms with E-state index in [0.717, 1.165) is 17.1 Å². The number of aromatic nitrogens is 1. The van der Waals surface area contributed by atoms with Gasteiger partial charge in [-0.05, 0) is 36.4 Å². The standard InChI is InChI=1S/C19H18N2O3S/c1-23-15-9-7-14(8-10-15)18-13-17(21-24-18)19(22)20-11-12-25-16-5-3-2-4-6-16/h2-10,13H,11-12H2,1H3,(H,20,22). The third-order valence-electron chi connectivity index (χ3n) is 3.52. The Balaban J connectivity index is 1.51. The molecule has 2 aromatic carbocycles. The first-order chi connectivity index (χ1) is 12.3. The number of nitrogens with zero attached hydrogens (tertiary/aromatic N) is 1. The molecule has 0 aliphatic rings. The molecule has 25 heavy (non-hydrogen) atoms. The van der Waals surface area contributed by atoms with Crippen LogP contribution in [0.25, 0.3) is 11.3 Å². The Morgan fingerprint density at radius 2 is 1.92 bits per heavy atom. The van der Waals surface area contributed by atoms with E-state index in [0.29, 0.717) is 12.3 Å². The van der Waals surface area contributed by atoms with Crippen LogP contribution < -0.4 is 10.1 Å². The van der Waals surface area contributed by atoms with Gasteiger partial charge in [0.25, 0.3) is 5.91 Å². The Morgan fingerprint density at radius 3 is 2.64 bits per heavy atom. The second-order valence-corrected chi connectivity index (χ2v) is 6.39. The molecule has 5 nitrogen and oxygen atoms in total. The number of benzene rings is 2. The summed E-state index contributed by atoms with van der Waals surface area (Å²) in [5, 5.41) is 6.70. The van der Waals surface area contributed by atoms with Crippen molar-refractivity contribution in [2.24, 2.45) is 0 Å². The van der Waals surface area contributed by atoms with Gasteiger partial charge >= 0.3 is 0 Å². The van der Waals surface area contributed by atoms with Crippen LogP contribution in [0.4, 0.5) is 0 Å². The summed E-state index contributed by atoms with van der Waals surface area (Å²) in [6, 6.07) is 19.1. The number of hydrogen-bond donors (Lipinski definition) is 1. The summed E-state index contributed by atoms with van der Waals surface area (Å²) < 4.78 is 10.4. The average molecular weight is 354 g/mol. The molecule has 0 spiro atoms. The van der Waals surface area contributed by atoms with E-state index >= 15 is 0 Å². The zero-order chi connectivity index (χ0) is 17.5. The number of rotatable bonds is 7. The fraction of sp³-hybridized carbons (Fsp3) is 0.158. The second-order valence-electron chi connectivity index (χ2n) is 5.22. The predicted molar refractivity (Wildman–Crippen MR) is 98.0 cm³/mol. The van der Waals surface area contributed by atoms with Gasteiger partial charge in [0.05, 0.1) is 7.11 Å². The topological polar surface area (TPSA) is 64.4 Å². The summed E-state index contributed by atoms with van der Waals surface area (Å²) in [7, 11) is 1.61. The molecule has 0 aliphatic heterocycles. The summed E-state index contributed by atoms with van der Waals surface area (Å²) in [6.45, 7) is 0.559. The first kappa shape index (κ1) is 17.1. The number of hydrogen-bond acceptors (Lipinski definition) is 5. The van der Waals surface area contributed by atoms with Crippen molar-refractivity contribution in [2.45, 2.75) is 4.90 Å². The third kappa shape index (κ3) is 4.64. The van der Waals surface area contributed by atoms with Crippen molar-refractivity contribution in [2.75, 3.05) is 19.4 Å². The van der Waals surface area contributed by atoms with Gasteiger partial charge < -0.3 is 14.6 Å². The smallest absolute Gasteiger partial charge is 0.273 e. The average Bonchev–Trinajstić information content (AvgIpc) is 3.16. The quantitative estimate of drug-likeness (QED) is 0.515. The van der Waals surface area contributed by atoms with Crippen molar-refractivity contribution in [3.8, 4) is 17.1 Å². The van der Waals surface area contributed by atoms with E-state index in [9.17, 15) is 4.79 Å². The maximum absolute atomic E-state index is 12.1. The molecule has 1 N–H and O–H groups in total. The maximum Gasteiger partial charge on any atom is 0.273 e. The van der Waals surface area contributed by atoms with Crippen LogP contribution in [0.2, 0.25) is 0 Å². The SMILES string of the molecule is COc1ccc(-c2cc(C(=O)NCCSc3ccccc3)no2)cc1. The predicted octanol–water partition coefficient (Wildman–Crippen LogP) is 3.87. The van der Waals surface area contributed by atoms with Crippen molar-refractivity contribution < 1.29 is 14.1 Å². The van der Waals surface area contributed by atoms with E-state index in [2.05, 4.69) is 10.5 Å². The highest BCUT2D eigenvalue weighted by atomic mass is 32.2. The van der Waals surface area contributed by atoms with Crippen LogP contribution in [-0.4, -0.2) is 30.5 Å². The van der Waals surface area contributed by atoms with Gasteiger partial charge in [0.2, 0.25) is 0 Å². The molecule has 0 saturated heterocycles. The van der Waals surface area contributed by atoms with E-state index in [1.54, 1.807) is 24.9 Å². The maximum atomic E-state index is 12.1. The van der Waals surface area contributed by atoms with Crippen molar-refractivity contribution in [3.63, 3.8) is 0 Å². The Hall–Kier alpha value is -2.73. The minimum atomic E-state index is -0.239. The van der Waals surface area contributed by atoms with Gasteiger partial charge in [-0.2, -0.15) is 0 Å². The van der Waals surface area contributed by atoms with Crippen molar-refractivity contribution in [1.82, 2.24) is 10.5 Å². The molecule has 1 aromatic heterocycles. The lowest BCUT2D eigenvalue weighted by molar-refractivity contribution is 0.0947. The van der Waals surface area contributed by atoms with Crippen LogP contribution in [0.3, 0.4) is 0 Å². The molecule has 1 amide bonds. The van der Waals surface area contributed by atoms with E-state index < -0.39 is 0 Å². The van der Waals surface area contributed by atoms with E-state index in [4.69, 9.17) is 9.26 Å². The molecule has 0 fully saturated rings. The van der Waals surface area contributed by atoms with Crippen LogP contribution in [0, 0.1) is 0 Å². The van der Waals surface area contributed by atoms with Crippen molar-refractivity contribution >= 4 is 17.7 Å². The molecule has 6 heteroatoms. The number of carbonyl (C=O) groups is 1. The largest absolute Gasteiger partial charge is 0.497 e. The Morgan fingerprint density at radius 1 is 1.16 bits per heavy atom. The van der Waals surface area contributed by atoms with E-state index in [1.165, 1.54) is 4.90 Å². The van der Waals surface area contributed by atoms with Crippen LogP contribution in [0.5, 0.6) is 5.75 Å². The molecule has 0 atom stereocenters. The summed E-state index contributed by atoms with van der Waals surface area (Å²) in [5.74, 6) is 1.86. The number of amides is 1. The highest BCUT2D eigenvalue weighted by Gasteiger charge is 2.13. The first-order valence-electron chi connectivity index (χ1n) is 7.83. The second kappa shape index (κ2) is 8.39. The van der Waals surface area contributed by atoms with Crippen LogP contribution >= 0.6 is 11.8 Å². The normalized spacial score (nSPS) is 10.4. The van der Waals surface area contributed by atoms with Gasteiger partial charge in [-0.15, -0.1) is 11.8 Å². The van der Waals surface area contributed by atoms with E-state index in [1.807, 2.05) is 54.6 Å². The molecule has 0 saturated carbocycles. The number of ether oxygens (including phenoxy) is 1. The Kier molecular flexibility index (Phi) is 5.74. The first-order valence-corrected chi connectivity index (χ1v) is 8.82. The lowest BCUT2D eigenvalue weighted by Crippen LogP contribution is -2.25. The highest BCUT2D eigenvalue weighted by molar-refractivity contribution is 7.99. The van der Waals surface area contributed by atoms with Gasteiger partial charge in [0, 0.05) is 28.8 Å². The zero-order valence-corrected chi connectivity index (χ0v) is 14.6.